The smallest absolute Gasteiger partial charge is 0.0788 e. The van der Waals surface area contributed by atoms with Crippen molar-refractivity contribution in [3.63, 3.8) is 0 Å². The van der Waals surface area contributed by atoms with Gasteiger partial charge < -0.3 is 5.73 Å². The quantitative estimate of drug-likeness (QED) is 0.811. The summed E-state index contributed by atoms with van der Waals surface area (Å²) < 4.78 is 1.87. The van der Waals surface area contributed by atoms with E-state index in [1.807, 2.05) is 23.9 Å². The van der Waals surface area contributed by atoms with Gasteiger partial charge >= 0.3 is 0 Å². The maximum absolute atomic E-state index is 5.61. The molecule has 0 saturated heterocycles. The molecule has 0 spiro atoms. The van der Waals surface area contributed by atoms with Crippen molar-refractivity contribution in [2.45, 2.75) is 26.4 Å². The molecule has 1 atom stereocenters. The van der Waals surface area contributed by atoms with Crippen LogP contribution in [0.25, 0.3) is 0 Å². The summed E-state index contributed by atoms with van der Waals surface area (Å²) in [6, 6.07) is 2.00. The molecule has 0 amide bonds. The second kappa shape index (κ2) is 6.29. The van der Waals surface area contributed by atoms with E-state index in [0.29, 0.717) is 0 Å². The Balaban J connectivity index is 0. The van der Waals surface area contributed by atoms with Gasteiger partial charge in [0, 0.05) is 18.8 Å². The number of aromatic nitrogens is 2. The topological polar surface area (TPSA) is 43.8 Å². The fourth-order valence-corrected chi connectivity index (χ4v) is 0.796. The largest absolute Gasteiger partial charge is 0.323 e. The average molecular weight is 212 g/mol. The minimum atomic E-state index is 0. The molecule has 5 heteroatoms. The van der Waals surface area contributed by atoms with Crippen molar-refractivity contribution >= 4 is 24.8 Å². The first-order chi connectivity index (χ1) is 4.74. The van der Waals surface area contributed by atoms with E-state index in [1.54, 1.807) is 0 Å². The molecule has 0 radical (unpaired) electrons. The molecule has 72 valence electrons. The van der Waals surface area contributed by atoms with E-state index in [1.165, 1.54) is 0 Å². The lowest BCUT2D eigenvalue weighted by molar-refractivity contribution is 0.630. The lowest BCUT2D eigenvalue weighted by Gasteiger charge is -1.97. The van der Waals surface area contributed by atoms with Gasteiger partial charge in [0.1, 0.15) is 0 Å². The third kappa shape index (κ3) is 3.43. The molecule has 12 heavy (non-hydrogen) atoms. The first-order valence-corrected chi connectivity index (χ1v) is 3.53. The van der Waals surface area contributed by atoms with Gasteiger partial charge in [-0.2, -0.15) is 5.10 Å². The van der Waals surface area contributed by atoms with Gasteiger partial charge in [-0.05, 0) is 19.9 Å². The van der Waals surface area contributed by atoms with Crippen LogP contribution in [0.15, 0.2) is 12.3 Å². The summed E-state index contributed by atoms with van der Waals surface area (Å²) in [5.41, 5.74) is 6.57. The van der Waals surface area contributed by atoms with E-state index in [4.69, 9.17) is 5.73 Å². The van der Waals surface area contributed by atoms with Gasteiger partial charge in [-0.3, -0.25) is 4.68 Å². The molecule has 0 fully saturated rings. The molecule has 0 aliphatic rings. The molecule has 3 nitrogen and oxygen atoms in total. The Kier molecular flexibility index (Phi) is 7.48. The monoisotopic (exact) mass is 211 g/mol. The first kappa shape index (κ1) is 14.3. The molecule has 0 aliphatic carbocycles. The zero-order chi connectivity index (χ0) is 7.56. The van der Waals surface area contributed by atoms with E-state index >= 15 is 0 Å². The summed E-state index contributed by atoms with van der Waals surface area (Å²) in [6.45, 7) is 4.90. The molecular weight excluding hydrogens is 197 g/mol. The summed E-state index contributed by atoms with van der Waals surface area (Å²) in [5, 5.41) is 4.22. The molecule has 1 unspecified atom stereocenters. The number of nitrogens with two attached hydrogens (primary N) is 1. The minimum Gasteiger partial charge on any atom is -0.323 e. The molecule has 1 rings (SSSR count). The van der Waals surface area contributed by atoms with Crippen molar-refractivity contribution in [2.75, 3.05) is 0 Å². The Morgan fingerprint density at radius 1 is 1.58 bits per heavy atom. The van der Waals surface area contributed by atoms with Gasteiger partial charge in [-0.25, -0.2) is 0 Å². The summed E-state index contributed by atoms with van der Waals surface area (Å²) in [6.07, 6.45) is 1.94. The third-order valence-corrected chi connectivity index (χ3v) is 1.45. The minimum absolute atomic E-state index is 0. The highest BCUT2D eigenvalue weighted by Gasteiger charge is 2.00. The molecule has 1 aromatic rings. The predicted octanol–water partition coefficient (Wildman–Crippen LogP) is 1.77. The summed E-state index contributed by atoms with van der Waals surface area (Å²) >= 11 is 0. The summed E-state index contributed by atoms with van der Waals surface area (Å²) in [4.78, 5) is 0. The Hall–Kier alpha value is -0.250. The van der Waals surface area contributed by atoms with Crippen molar-refractivity contribution in [3.8, 4) is 0 Å². The number of halogens is 2. The maximum Gasteiger partial charge on any atom is 0.0788 e. The molecule has 2 N–H and O–H groups in total. The zero-order valence-corrected chi connectivity index (χ0v) is 8.86. The van der Waals surface area contributed by atoms with Gasteiger partial charge in [0.2, 0.25) is 0 Å². The molecule has 1 aromatic heterocycles. The van der Waals surface area contributed by atoms with Crippen LogP contribution in [0.4, 0.5) is 0 Å². The Bertz CT molecular complexity index is 210. The predicted molar refractivity (Wildman–Crippen MR) is 55.0 cm³/mol. The second-order valence-corrected chi connectivity index (χ2v) is 2.38. The van der Waals surface area contributed by atoms with Crippen molar-refractivity contribution < 1.29 is 0 Å². The lowest BCUT2D eigenvalue weighted by Crippen LogP contribution is -2.06. The third-order valence-electron chi connectivity index (χ3n) is 1.45. The lowest BCUT2D eigenvalue weighted by atomic mass is 10.3. The van der Waals surface area contributed by atoms with E-state index < -0.39 is 0 Å². The zero-order valence-electron chi connectivity index (χ0n) is 7.23. The van der Waals surface area contributed by atoms with E-state index in [0.717, 1.165) is 12.2 Å². The number of aryl methyl sites for hydroxylation is 1. The standard InChI is InChI=1S/C7H13N3.2ClH/c1-3-10-5-4-7(9-10)6(2)8;;/h4-6H,3,8H2,1-2H3;2*1H. The highest BCUT2D eigenvalue weighted by atomic mass is 35.5. The van der Waals surface area contributed by atoms with Crippen LogP contribution in [-0.4, -0.2) is 9.78 Å². The molecule has 0 aromatic carbocycles. The Morgan fingerprint density at radius 2 is 2.17 bits per heavy atom. The van der Waals surface area contributed by atoms with Crippen LogP contribution in [0, 0.1) is 0 Å². The fraction of sp³-hybridized carbons (Fsp3) is 0.571. The first-order valence-electron chi connectivity index (χ1n) is 3.53. The molecule has 0 saturated carbocycles. The number of hydrogen-bond donors (Lipinski definition) is 1. The van der Waals surface area contributed by atoms with E-state index in [-0.39, 0.29) is 30.9 Å². The van der Waals surface area contributed by atoms with Gasteiger partial charge in [0.25, 0.3) is 0 Å². The van der Waals surface area contributed by atoms with Crippen LogP contribution in [-0.2, 0) is 6.54 Å². The van der Waals surface area contributed by atoms with Crippen molar-refractivity contribution in [3.05, 3.63) is 18.0 Å². The second-order valence-electron chi connectivity index (χ2n) is 2.38. The Labute approximate surface area is 85.1 Å². The van der Waals surface area contributed by atoms with Gasteiger partial charge in [0.05, 0.1) is 5.69 Å². The van der Waals surface area contributed by atoms with Crippen LogP contribution in [0.3, 0.4) is 0 Å². The van der Waals surface area contributed by atoms with Gasteiger partial charge in [-0.1, -0.05) is 0 Å². The summed E-state index contributed by atoms with van der Waals surface area (Å²) in [5.74, 6) is 0. The van der Waals surface area contributed by atoms with Crippen LogP contribution >= 0.6 is 24.8 Å². The molecule has 0 bridgehead atoms. The maximum atomic E-state index is 5.61. The fourth-order valence-electron chi connectivity index (χ4n) is 0.796. The highest BCUT2D eigenvalue weighted by molar-refractivity contribution is 5.85. The average Bonchev–Trinajstić information content (AvgIpc) is 2.34. The number of nitrogens with zero attached hydrogens (tertiary/aromatic N) is 2. The van der Waals surface area contributed by atoms with Crippen LogP contribution < -0.4 is 5.73 Å². The van der Waals surface area contributed by atoms with Gasteiger partial charge in [-0.15, -0.1) is 24.8 Å². The van der Waals surface area contributed by atoms with Crippen molar-refractivity contribution in [2.24, 2.45) is 5.73 Å². The highest BCUT2D eigenvalue weighted by Crippen LogP contribution is 2.04. The SMILES string of the molecule is CCn1ccc(C(C)N)n1.Cl.Cl. The van der Waals surface area contributed by atoms with E-state index in [2.05, 4.69) is 12.0 Å². The van der Waals surface area contributed by atoms with E-state index in [9.17, 15) is 0 Å². The van der Waals surface area contributed by atoms with Gasteiger partial charge in [0.15, 0.2) is 0 Å². The Morgan fingerprint density at radius 3 is 2.42 bits per heavy atom. The van der Waals surface area contributed by atoms with Crippen molar-refractivity contribution in [1.82, 2.24) is 9.78 Å². The molecular formula is C7H15Cl2N3. The van der Waals surface area contributed by atoms with Crippen LogP contribution in [0.5, 0.6) is 0 Å². The number of hydrogen-bond acceptors (Lipinski definition) is 2. The van der Waals surface area contributed by atoms with Crippen molar-refractivity contribution in [1.29, 1.82) is 0 Å². The summed E-state index contributed by atoms with van der Waals surface area (Å²) in [7, 11) is 0. The van der Waals surface area contributed by atoms with Crippen LogP contribution in [0.2, 0.25) is 0 Å². The molecule has 1 heterocycles. The van der Waals surface area contributed by atoms with Crippen LogP contribution in [0.1, 0.15) is 25.6 Å². The normalized spacial score (nSPS) is 11.2. The number of rotatable bonds is 2. The molecule has 0 aliphatic heterocycles.